The van der Waals surface area contributed by atoms with Gasteiger partial charge in [0, 0.05) is 17.7 Å². The van der Waals surface area contributed by atoms with E-state index in [0.29, 0.717) is 17.7 Å². The zero-order valence-electron chi connectivity index (χ0n) is 15.5. The molecule has 2 aromatic rings. The number of carbonyl (C=O) groups excluding carboxylic acids is 3. The van der Waals surface area contributed by atoms with Crippen molar-refractivity contribution in [3.05, 3.63) is 59.7 Å². The van der Waals surface area contributed by atoms with Gasteiger partial charge in [0.25, 0.3) is 0 Å². The van der Waals surface area contributed by atoms with Crippen molar-refractivity contribution in [2.75, 3.05) is 18.5 Å². The van der Waals surface area contributed by atoms with Crippen molar-refractivity contribution >= 4 is 23.3 Å². The minimum Gasteiger partial charge on any atom is -0.493 e. The molecule has 1 N–H and O–H groups in total. The second-order valence-corrected chi connectivity index (χ2v) is 5.93. The molecule has 2 rings (SSSR count). The van der Waals surface area contributed by atoms with Gasteiger partial charge in [-0.1, -0.05) is 25.1 Å². The van der Waals surface area contributed by atoms with Gasteiger partial charge in [-0.25, -0.2) is 0 Å². The molecule has 0 aliphatic heterocycles. The number of para-hydroxylation sites is 1. The Morgan fingerprint density at radius 2 is 1.70 bits per heavy atom. The standard InChI is InChI=1S/C21H23NO5/c1-3-20(24)22-17-10-8-16(9-11-17)18(23)14-27-21(25)12-13-26-19-7-5-4-6-15(19)2/h4-11H,3,12-14H2,1-2H3,(H,22,24). The Balaban J connectivity index is 1.73. The highest BCUT2D eigenvalue weighted by Crippen LogP contribution is 2.16. The summed E-state index contributed by atoms with van der Waals surface area (Å²) >= 11 is 0. The maximum Gasteiger partial charge on any atom is 0.309 e. The second-order valence-electron chi connectivity index (χ2n) is 5.93. The number of rotatable bonds is 9. The molecule has 0 aliphatic rings. The largest absolute Gasteiger partial charge is 0.493 e. The van der Waals surface area contributed by atoms with Crippen LogP contribution >= 0.6 is 0 Å². The summed E-state index contributed by atoms with van der Waals surface area (Å²) in [7, 11) is 0. The quantitative estimate of drug-likeness (QED) is 0.540. The summed E-state index contributed by atoms with van der Waals surface area (Å²) in [5, 5.41) is 2.70. The van der Waals surface area contributed by atoms with Crippen LogP contribution in [0, 0.1) is 6.92 Å². The Kier molecular flexibility index (Phi) is 7.55. The van der Waals surface area contributed by atoms with Gasteiger partial charge in [0.05, 0.1) is 13.0 Å². The number of ketones is 1. The number of hydrogen-bond donors (Lipinski definition) is 1. The third kappa shape index (κ3) is 6.58. The first-order valence-electron chi connectivity index (χ1n) is 8.76. The minimum atomic E-state index is -0.497. The smallest absolute Gasteiger partial charge is 0.309 e. The molecule has 0 bridgehead atoms. The molecule has 0 fully saturated rings. The van der Waals surface area contributed by atoms with Crippen LogP contribution in [-0.4, -0.2) is 30.9 Å². The van der Waals surface area contributed by atoms with E-state index in [9.17, 15) is 14.4 Å². The molecule has 0 aliphatic carbocycles. The fourth-order valence-electron chi connectivity index (χ4n) is 2.25. The maximum atomic E-state index is 12.1. The number of Topliss-reactive ketones (excluding diaryl/α,β-unsaturated/α-hetero) is 1. The number of amides is 1. The van der Waals surface area contributed by atoms with Gasteiger partial charge >= 0.3 is 5.97 Å². The molecule has 0 saturated heterocycles. The zero-order valence-corrected chi connectivity index (χ0v) is 15.5. The molecule has 0 atom stereocenters. The molecule has 0 unspecified atom stereocenters. The van der Waals surface area contributed by atoms with E-state index < -0.39 is 5.97 Å². The molecule has 142 valence electrons. The van der Waals surface area contributed by atoms with Gasteiger partial charge < -0.3 is 14.8 Å². The predicted octanol–water partition coefficient (Wildman–Crippen LogP) is 3.54. The average molecular weight is 369 g/mol. The number of benzene rings is 2. The van der Waals surface area contributed by atoms with Crippen LogP contribution in [0.5, 0.6) is 5.75 Å². The summed E-state index contributed by atoms with van der Waals surface area (Å²) in [6.07, 6.45) is 0.438. The van der Waals surface area contributed by atoms with Crippen LogP contribution < -0.4 is 10.1 Å². The third-order valence-corrected chi connectivity index (χ3v) is 3.83. The average Bonchev–Trinajstić information content (AvgIpc) is 2.68. The molecule has 0 heterocycles. The zero-order chi connectivity index (χ0) is 19.6. The topological polar surface area (TPSA) is 81.7 Å². The highest BCUT2D eigenvalue weighted by atomic mass is 16.5. The minimum absolute atomic E-state index is 0.0591. The SMILES string of the molecule is CCC(=O)Nc1ccc(C(=O)COC(=O)CCOc2ccccc2C)cc1. The molecule has 0 saturated carbocycles. The first-order valence-corrected chi connectivity index (χ1v) is 8.76. The maximum absolute atomic E-state index is 12.1. The first-order chi connectivity index (χ1) is 13.0. The number of carbonyl (C=O) groups is 3. The molecule has 2 aromatic carbocycles. The number of anilines is 1. The highest BCUT2D eigenvalue weighted by molar-refractivity contribution is 5.98. The normalized spacial score (nSPS) is 10.1. The second kappa shape index (κ2) is 10.1. The van der Waals surface area contributed by atoms with E-state index in [-0.39, 0.29) is 31.3 Å². The molecule has 6 nitrogen and oxygen atoms in total. The lowest BCUT2D eigenvalue weighted by molar-refractivity contribution is -0.143. The molecule has 0 radical (unpaired) electrons. The van der Waals surface area contributed by atoms with Crippen molar-refractivity contribution in [1.29, 1.82) is 0 Å². The fourth-order valence-corrected chi connectivity index (χ4v) is 2.25. The van der Waals surface area contributed by atoms with Crippen molar-refractivity contribution in [2.24, 2.45) is 0 Å². The van der Waals surface area contributed by atoms with E-state index in [0.717, 1.165) is 11.3 Å². The Morgan fingerprint density at radius 3 is 2.37 bits per heavy atom. The lowest BCUT2D eigenvalue weighted by Crippen LogP contribution is -2.16. The van der Waals surface area contributed by atoms with Crippen LogP contribution in [-0.2, 0) is 14.3 Å². The van der Waals surface area contributed by atoms with Crippen LogP contribution in [0.1, 0.15) is 35.7 Å². The highest BCUT2D eigenvalue weighted by Gasteiger charge is 2.11. The van der Waals surface area contributed by atoms with Gasteiger partial charge in [-0.3, -0.25) is 14.4 Å². The van der Waals surface area contributed by atoms with Crippen LogP contribution in [0.3, 0.4) is 0 Å². The van der Waals surface area contributed by atoms with Crippen molar-refractivity contribution in [3.63, 3.8) is 0 Å². The third-order valence-electron chi connectivity index (χ3n) is 3.83. The van der Waals surface area contributed by atoms with E-state index in [1.807, 2.05) is 31.2 Å². The van der Waals surface area contributed by atoms with Crippen molar-refractivity contribution in [2.45, 2.75) is 26.7 Å². The molecular formula is C21H23NO5. The summed E-state index contributed by atoms with van der Waals surface area (Å²) in [5.74, 6) is -0.187. The monoisotopic (exact) mass is 369 g/mol. The van der Waals surface area contributed by atoms with Gasteiger partial charge in [0.1, 0.15) is 5.75 Å². The van der Waals surface area contributed by atoms with Crippen LogP contribution in [0.2, 0.25) is 0 Å². The molecule has 6 heteroatoms. The number of esters is 1. The van der Waals surface area contributed by atoms with Crippen LogP contribution in [0.15, 0.2) is 48.5 Å². The van der Waals surface area contributed by atoms with Crippen molar-refractivity contribution in [3.8, 4) is 5.75 Å². The molecule has 0 aromatic heterocycles. The van der Waals surface area contributed by atoms with Crippen LogP contribution in [0.25, 0.3) is 0 Å². The lowest BCUT2D eigenvalue weighted by Gasteiger charge is -2.09. The number of nitrogens with one attached hydrogen (secondary N) is 1. The van der Waals surface area contributed by atoms with E-state index in [2.05, 4.69) is 5.32 Å². The summed E-state index contributed by atoms with van der Waals surface area (Å²) in [6.45, 7) is 3.53. The predicted molar refractivity (Wildman–Crippen MR) is 102 cm³/mol. The van der Waals surface area contributed by atoms with Crippen molar-refractivity contribution < 1.29 is 23.9 Å². The van der Waals surface area contributed by atoms with Gasteiger partial charge in [-0.05, 0) is 42.8 Å². The number of hydrogen-bond acceptors (Lipinski definition) is 5. The van der Waals surface area contributed by atoms with Gasteiger partial charge in [0.2, 0.25) is 5.91 Å². The fraction of sp³-hybridized carbons (Fsp3) is 0.286. The van der Waals surface area contributed by atoms with Gasteiger partial charge in [-0.2, -0.15) is 0 Å². The molecular weight excluding hydrogens is 346 g/mol. The van der Waals surface area contributed by atoms with E-state index >= 15 is 0 Å². The Labute approximate surface area is 158 Å². The number of aryl methyl sites for hydroxylation is 1. The lowest BCUT2D eigenvalue weighted by atomic mass is 10.1. The van der Waals surface area contributed by atoms with Crippen LogP contribution in [0.4, 0.5) is 5.69 Å². The Hall–Kier alpha value is -3.15. The summed E-state index contributed by atoms with van der Waals surface area (Å²) in [4.78, 5) is 35.2. The molecule has 0 spiro atoms. The number of ether oxygens (including phenoxy) is 2. The molecule has 27 heavy (non-hydrogen) atoms. The Bertz CT molecular complexity index is 798. The summed E-state index contributed by atoms with van der Waals surface area (Å²) in [5.41, 5.74) is 2.01. The van der Waals surface area contributed by atoms with E-state index in [1.54, 1.807) is 31.2 Å². The van der Waals surface area contributed by atoms with Gasteiger partial charge in [0.15, 0.2) is 12.4 Å². The van der Waals surface area contributed by atoms with E-state index in [4.69, 9.17) is 9.47 Å². The first kappa shape index (κ1) is 20.2. The van der Waals surface area contributed by atoms with Gasteiger partial charge in [-0.15, -0.1) is 0 Å². The summed E-state index contributed by atoms with van der Waals surface area (Å²) < 4.78 is 10.5. The molecule has 1 amide bonds. The van der Waals surface area contributed by atoms with E-state index in [1.165, 1.54) is 0 Å². The van der Waals surface area contributed by atoms with Crippen molar-refractivity contribution in [1.82, 2.24) is 0 Å². The summed E-state index contributed by atoms with van der Waals surface area (Å²) in [6, 6.07) is 14.0. The Morgan fingerprint density at radius 1 is 1.00 bits per heavy atom.